The van der Waals surface area contributed by atoms with E-state index in [9.17, 15) is 9.59 Å². The van der Waals surface area contributed by atoms with Crippen LogP contribution in [0.15, 0.2) is 47.6 Å². The average molecular weight is 301 g/mol. The van der Waals surface area contributed by atoms with Crippen LogP contribution < -0.4 is 0 Å². The van der Waals surface area contributed by atoms with E-state index in [1.807, 2.05) is 31.2 Å². The second kappa shape index (κ2) is 7.04. The third kappa shape index (κ3) is 4.43. The number of thioether (sulfide) groups is 1. The molecule has 0 aliphatic rings. The van der Waals surface area contributed by atoms with E-state index in [0.717, 1.165) is 4.90 Å². The van der Waals surface area contributed by atoms with Crippen LogP contribution in [0.5, 0.6) is 0 Å². The Bertz CT molecular complexity index is 653. The van der Waals surface area contributed by atoms with Crippen molar-refractivity contribution < 1.29 is 14.7 Å². The number of carbonyl (C=O) groups excluding carboxylic acids is 1. The van der Waals surface area contributed by atoms with Gasteiger partial charge >= 0.3 is 5.97 Å². The molecule has 1 aromatic carbocycles. The maximum Gasteiger partial charge on any atom is 0.337 e. The predicted molar refractivity (Wildman–Crippen MR) is 82.0 cm³/mol. The first kappa shape index (κ1) is 15.3. The van der Waals surface area contributed by atoms with E-state index >= 15 is 0 Å². The van der Waals surface area contributed by atoms with Gasteiger partial charge in [0.1, 0.15) is 0 Å². The highest BCUT2D eigenvalue weighted by Crippen LogP contribution is 2.20. The molecule has 0 spiro atoms. The van der Waals surface area contributed by atoms with Gasteiger partial charge in [0.25, 0.3) is 0 Å². The van der Waals surface area contributed by atoms with Gasteiger partial charge in [-0.25, -0.2) is 4.79 Å². The Morgan fingerprint density at radius 3 is 2.48 bits per heavy atom. The summed E-state index contributed by atoms with van der Waals surface area (Å²) in [5.74, 6) is -0.518. The summed E-state index contributed by atoms with van der Waals surface area (Å²) in [6, 6.07) is 9.48. The Labute approximate surface area is 127 Å². The summed E-state index contributed by atoms with van der Waals surface area (Å²) in [6.07, 6.45) is 2.99. The molecule has 108 valence electrons. The van der Waals surface area contributed by atoms with E-state index in [4.69, 9.17) is 5.11 Å². The van der Waals surface area contributed by atoms with Crippen LogP contribution in [0, 0.1) is 6.92 Å². The van der Waals surface area contributed by atoms with Crippen LogP contribution >= 0.6 is 11.8 Å². The van der Waals surface area contributed by atoms with Crippen molar-refractivity contribution in [3.05, 3.63) is 59.4 Å². The van der Waals surface area contributed by atoms with Gasteiger partial charge < -0.3 is 5.11 Å². The molecule has 0 aliphatic heterocycles. The summed E-state index contributed by atoms with van der Waals surface area (Å²) in [5.41, 5.74) is 1.58. The molecule has 5 heteroatoms. The Morgan fingerprint density at radius 2 is 1.81 bits per heavy atom. The molecule has 0 atom stereocenters. The number of pyridine rings is 1. The van der Waals surface area contributed by atoms with Crippen LogP contribution in [0.2, 0.25) is 0 Å². The van der Waals surface area contributed by atoms with Crippen LogP contribution in [0.4, 0.5) is 0 Å². The summed E-state index contributed by atoms with van der Waals surface area (Å²) in [4.78, 5) is 27.8. The number of benzene rings is 1. The second-order valence-corrected chi connectivity index (χ2v) is 5.77. The molecular weight excluding hydrogens is 286 g/mol. The fourth-order valence-corrected chi connectivity index (χ4v) is 2.60. The third-order valence-corrected chi connectivity index (χ3v) is 3.94. The van der Waals surface area contributed by atoms with Gasteiger partial charge in [-0.3, -0.25) is 9.78 Å². The van der Waals surface area contributed by atoms with Gasteiger partial charge in [0.05, 0.1) is 5.56 Å². The molecule has 0 unspecified atom stereocenters. The summed E-state index contributed by atoms with van der Waals surface area (Å²) < 4.78 is 0. The van der Waals surface area contributed by atoms with Gasteiger partial charge in [-0.05, 0) is 25.1 Å². The Morgan fingerprint density at radius 1 is 1.14 bits per heavy atom. The van der Waals surface area contributed by atoms with Crippen molar-refractivity contribution in [1.29, 1.82) is 0 Å². The summed E-state index contributed by atoms with van der Waals surface area (Å²) in [7, 11) is 0. The third-order valence-electron chi connectivity index (χ3n) is 2.93. The number of carbonyl (C=O) groups is 2. The highest BCUT2D eigenvalue weighted by molar-refractivity contribution is 7.99. The lowest BCUT2D eigenvalue weighted by molar-refractivity contribution is 0.0696. The van der Waals surface area contributed by atoms with E-state index in [2.05, 4.69) is 4.98 Å². The van der Waals surface area contributed by atoms with Crippen molar-refractivity contribution in [2.45, 2.75) is 18.2 Å². The van der Waals surface area contributed by atoms with Gasteiger partial charge in [-0.2, -0.15) is 0 Å². The quantitative estimate of drug-likeness (QED) is 0.654. The molecule has 1 aromatic heterocycles. The molecular formula is C16H15NO3S. The Kier molecular flexibility index (Phi) is 5.11. The number of aromatic nitrogens is 1. The number of aryl methyl sites for hydroxylation is 1. The van der Waals surface area contributed by atoms with E-state index in [1.165, 1.54) is 24.0 Å². The van der Waals surface area contributed by atoms with Crippen LogP contribution in [-0.2, 0) is 0 Å². The molecule has 0 radical (unpaired) electrons. The van der Waals surface area contributed by atoms with Crippen molar-refractivity contribution in [3.8, 4) is 0 Å². The Balaban J connectivity index is 1.91. The summed E-state index contributed by atoms with van der Waals surface area (Å²) in [6.45, 7) is 2.03. The van der Waals surface area contributed by atoms with Gasteiger partial charge in [0.15, 0.2) is 5.78 Å². The minimum Gasteiger partial charge on any atom is -0.478 e. The summed E-state index contributed by atoms with van der Waals surface area (Å²) >= 11 is 1.61. The summed E-state index contributed by atoms with van der Waals surface area (Å²) in [5, 5.41) is 8.88. The average Bonchev–Trinajstić information content (AvgIpc) is 2.49. The predicted octanol–water partition coefficient (Wildman–Crippen LogP) is 3.45. The second-order valence-electron chi connectivity index (χ2n) is 4.60. The molecule has 4 nitrogen and oxygen atoms in total. The number of aromatic carboxylic acids is 1. The maximum atomic E-state index is 12.0. The molecule has 1 heterocycles. The van der Waals surface area contributed by atoms with E-state index in [1.54, 1.807) is 11.8 Å². The van der Waals surface area contributed by atoms with Crippen LogP contribution in [0.3, 0.4) is 0 Å². The molecule has 2 aromatic rings. The van der Waals surface area contributed by atoms with Crippen molar-refractivity contribution in [2.75, 3.05) is 5.75 Å². The van der Waals surface area contributed by atoms with E-state index < -0.39 is 5.97 Å². The monoisotopic (exact) mass is 301 g/mol. The zero-order chi connectivity index (χ0) is 15.2. The van der Waals surface area contributed by atoms with Crippen molar-refractivity contribution in [3.63, 3.8) is 0 Å². The number of ketones is 1. The van der Waals surface area contributed by atoms with Crippen molar-refractivity contribution in [2.24, 2.45) is 0 Å². The standard InChI is InChI=1S/C16H15NO3S/c1-11-2-4-14(5-3-11)21-7-6-15(18)12-8-13(16(19)20)10-17-9-12/h2-5,8-10H,6-7H2,1H3,(H,19,20). The molecule has 0 fully saturated rings. The SMILES string of the molecule is Cc1ccc(SCCC(=O)c2cncc(C(=O)O)c2)cc1. The number of hydrogen-bond donors (Lipinski definition) is 1. The normalized spacial score (nSPS) is 10.3. The van der Waals surface area contributed by atoms with E-state index in [-0.39, 0.29) is 11.3 Å². The molecule has 0 bridgehead atoms. The van der Waals surface area contributed by atoms with Crippen molar-refractivity contribution >= 4 is 23.5 Å². The molecule has 1 N–H and O–H groups in total. The van der Waals surface area contributed by atoms with Gasteiger partial charge in [-0.1, -0.05) is 17.7 Å². The maximum absolute atomic E-state index is 12.0. The molecule has 0 saturated carbocycles. The lowest BCUT2D eigenvalue weighted by Gasteiger charge is -2.03. The van der Waals surface area contributed by atoms with Gasteiger partial charge in [-0.15, -0.1) is 11.8 Å². The first-order valence-electron chi connectivity index (χ1n) is 6.47. The number of hydrogen-bond acceptors (Lipinski definition) is 4. The molecule has 0 aliphatic carbocycles. The van der Waals surface area contributed by atoms with Gasteiger partial charge in [0, 0.05) is 35.0 Å². The number of nitrogens with zero attached hydrogens (tertiary/aromatic N) is 1. The zero-order valence-corrected chi connectivity index (χ0v) is 12.4. The zero-order valence-electron chi connectivity index (χ0n) is 11.6. The Hall–Kier alpha value is -2.14. The number of rotatable bonds is 6. The number of carboxylic acids is 1. The molecule has 0 amide bonds. The highest BCUT2D eigenvalue weighted by atomic mass is 32.2. The lowest BCUT2D eigenvalue weighted by Crippen LogP contribution is -2.05. The fraction of sp³-hybridized carbons (Fsp3) is 0.188. The molecule has 2 rings (SSSR count). The largest absolute Gasteiger partial charge is 0.478 e. The minimum atomic E-state index is -1.08. The van der Waals surface area contributed by atoms with Crippen molar-refractivity contribution in [1.82, 2.24) is 4.98 Å². The van der Waals surface area contributed by atoms with E-state index in [0.29, 0.717) is 17.7 Å². The first-order chi connectivity index (χ1) is 10.1. The topological polar surface area (TPSA) is 67.3 Å². The van der Waals surface area contributed by atoms with Crippen LogP contribution in [-0.4, -0.2) is 27.6 Å². The first-order valence-corrected chi connectivity index (χ1v) is 7.46. The smallest absolute Gasteiger partial charge is 0.337 e. The molecule has 21 heavy (non-hydrogen) atoms. The number of Topliss-reactive ketones (excluding diaryl/α,β-unsaturated/α-hetero) is 1. The van der Waals surface area contributed by atoms with Gasteiger partial charge in [0.2, 0.25) is 0 Å². The fourth-order valence-electron chi connectivity index (χ4n) is 1.75. The lowest BCUT2D eigenvalue weighted by atomic mass is 10.1. The van der Waals surface area contributed by atoms with Crippen LogP contribution in [0.25, 0.3) is 0 Å². The molecule has 0 saturated heterocycles. The minimum absolute atomic E-state index is 0.0343. The number of carboxylic acid groups (broad SMARTS) is 1. The highest BCUT2D eigenvalue weighted by Gasteiger charge is 2.10. The van der Waals surface area contributed by atoms with Crippen LogP contribution in [0.1, 0.15) is 32.7 Å².